The Balaban J connectivity index is 2.36. The largest absolute Gasteiger partial charge is 0.622 e. The van der Waals surface area contributed by atoms with Gasteiger partial charge >= 0.3 is 0 Å². The molecule has 1 saturated heterocycles. The number of thioether (sulfide) groups is 1. The molecule has 1 aliphatic heterocycles. The van der Waals surface area contributed by atoms with Crippen molar-refractivity contribution in [3.05, 3.63) is 45.2 Å². The molecule has 8 heteroatoms. The Hall–Kier alpha value is -1.67. The fourth-order valence-electron chi connectivity index (χ4n) is 2.65. The third kappa shape index (κ3) is 3.81. The maximum atomic E-state index is 12.7. The number of hydroxylamine groups is 1. The van der Waals surface area contributed by atoms with Crippen LogP contribution in [0, 0.1) is 15.3 Å². The highest BCUT2D eigenvalue weighted by atomic mass is 32.2. The Morgan fingerprint density at radius 2 is 2.13 bits per heavy atom. The molecule has 2 rings (SSSR count). The van der Waals surface area contributed by atoms with E-state index in [1.165, 1.54) is 30.1 Å². The first-order valence-electron chi connectivity index (χ1n) is 7.30. The van der Waals surface area contributed by atoms with Gasteiger partial charge in [-0.15, -0.1) is 0 Å². The average molecular weight is 353 g/mol. The van der Waals surface area contributed by atoms with Gasteiger partial charge in [0, 0.05) is 24.2 Å². The Morgan fingerprint density at radius 3 is 2.74 bits per heavy atom. The lowest BCUT2D eigenvalue weighted by molar-refractivity contribution is -0.523. The average Bonchev–Trinajstić information content (AvgIpc) is 2.68. The minimum Gasteiger partial charge on any atom is -0.622 e. The van der Waals surface area contributed by atoms with Gasteiger partial charge in [0.15, 0.2) is 6.21 Å². The molecule has 0 unspecified atom stereocenters. The second kappa shape index (κ2) is 6.84. The van der Waals surface area contributed by atoms with Crippen molar-refractivity contribution in [3.8, 4) is 0 Å². The Morgan fingerprint density at radius 1 is 1.43 bits per heavy atom. The quantitative estimate of drug-likeness (QED) is 0.202. The van der Waals surface area contributed by atoms with Crippen molar-refractivity contribution in [1.29, 1.82) is 0 Å². The van der Waals surface area contributed by atoms with Gasteiger partial charge in [0.05, 0.1) is 4.92 Å². The molecule has 1 atom stereocenters. The molecule has 23 heavy (non-hydrogen) atoms. The smallest absolute Gasteiger partial charge is 0.270 e. The first-order chi connectivity index (χ1) is 10.8. The van der Waals surface area contributed by atoms with Crippen LogP contribution in [0.15, 0.2) is 24.3 Å². The molecule has 0 saturated carbocycles. The van der Waals surface area contributed by atoms with E-state index in [1.54, 1.807) is 12.1 Å². The number of nitro groups is 1. The van der Waals surface area contributed by atoms with Gasteiger partial charge in [-0.1, -0.05) is 37.0 Å². The highest BCUT2D eigenvalue weighted by Crippen LogP contribution is 2.41. The summed E-state index contributed by atoms with van der Waals surface area (Å²) >= 11 is 6.90. The van der Waals surface area contributed by atoms with E-state index in [0.717, 1.165) is 15.5 Å². The molecule has 0 N–H and O–H groups in total. The van der Waals surface area contributed by atoms with Crippen LogP contribution in [0.4, 0.5) is 5.69 Å². The van der Waals surface area contributed by atoms with Crippen LogP contribution in [0.2, 0.25) is 0 Å². The number of non-ortho nitro benzene ring substituents is 1. The molecule has 1 fully saturated rings. The third-order valence-corrected chi connectivity index (χ3v) is 5.20. The van der Waals surface area contributed by atoms with Gasteiger partial charge in [0.1, 0.15) is 9.07 Å². The van der Waals surface area contributed by atoms with E-state index in [1.807, 2.05) is 25.7 Å². The molecule has 0 spiro atoms. The van der Waals surface area contributed by atoms with Gasteiger partial charge in [-0.3, -0.25) is 15.0 Å². The van der Waals surface area contributed by atoms with Gasteiger partial charge in [-0.25, -0.2) is 0 Å². The van der Waals surface area contributed by atoms with E-state index in [9.17, 15) is 15.3 Å². The van der Waals surface area contributed by atoms with E-state index in [4.69, 9.17) is 12.2 Å². The van der Waals surface area contributed by atoms with Crippen molar-refractivity contribution in [1.82, 2.24) is 4.90 Å². The Labute approximate surface area is 144 Å². The predicted molar refractivity (Wildman–Crippen MR) is 96.9 cm³/mol. The molecular formula is C15H19N3O3S2. The highest BCUT2D eigenvalue weighted by Gasteiger charge is 2.49. The van der Waals surface area contributed by atoms with Gasteiger partial charge in [-0.05, 0) is 26.3 Å². The van der Waals surface area contributed by atoms with Gasteiger partial charge < -0.3 is 5.21 Å². The number of rotatable bonds is 5. The predicted octanol–water partition coefficient (Wildman–Crippen LogP) is 3.37. The lowest BCUT2D eigenvalue weighted by Gasteiger charge is -2.29. The van der Waals surface area contributed by atoms with Crippen LogP contribution in [0.5, 0.6) is 0 Å². The SMILES string of the molecule is CCCN1C(=S)SC(C)(C)[C@@H]1[N+]([O-])=Cc1cccc([N+](=O)[O-])c1. The fraction of sp³-hybridized carbons (Fsp3) is 0.467. The highest BCUT2D eigenvalue weighted by molar-refractivity contribution is 8.24. The minimum absolute atomic E-state index is 0.0341. The molecule has 1 aromatic rings. The summed E-state index contributed by atoms with van der Waals surface area (Å²) < 4.78 is 1.22. The second-order valence-electron chi connectivity index (χ2n) is 5.88. The van der Waals surface area contributed by atoms with Crippen LogP contribution in [0.25, 0.3) is 0 Å². The number of hydrogen-bond donors (Lipinski definition) is 0. The topological polar surface area (TPSA) is 72.5 Å². The maximum Gasteiger partial charge on any atom is 0.270 e. The normalized spacial score (nSPS) is 20.8. The van der Waals surface area contributed by atoms with Crippen molar-refractivity contribution < 1.29 is 9.66 Å². The number of thiocarbonyl (C=S) groups is 1. The summed E-state index contributed by atoms with van der Waals surface area (Å²) in [4.78, 5) is 12.3. The van der Waals surface area contributed by atoms with Crippen molar-refractivity contribution in [2.24, 2.45) is 0 Å². The lowest BCUT2D eigenvalue weighted by Crippen LogP contribution is -2.48. The number of nitro benzene ring substituents is 1. The molecule has 0 aliphatic carbocycles. The zero-order valence-corrected chi connectivity index (χ0v) is 14.9. The molecule has 6 nitrogen and oxygen atoms in total. The van der Waals surface area contributed by atoms with Crippen molar-refractivity contribution >= 4 is 40.2 Å². The molecule has 1 aromatic carbocycles. The second-order valence-corrected chi connectivity index (χ2v) is 8.17. The monoisotopic (exact) mass is 353 g/mol. The summed E-state index contributed by atoms with van der Waals surface area (Å²) in [7, 11) is 0. The minimum atomic E-state index is -0.472. The zero-order chi connectivity index (χ0) is 17.2. The van der Waals surface area contributed by atoms with Crippen LogP contribution >= 0.6 is 24.0 Å². The molecule has 1 aliphatic rings. The van der Waals surface area contributed by atoms with Crippen LogP contribution in [-0.4, -0.2) is 42.6 Å². The van der Waals surface area contributed by atoms with Crippen molar-refractivity contribution in [2.75, 3.05) is 6.54 Å². The summed E-state index contributed by atoms with van der Waals surface area (Å²) in [6.45, 7) is 6.71. The lowest BCUT2D eigenvalue weighted by atomic mass is 10.1. The molecular weight excluding hydrogens is 334 g/mol. The Kier molecular flexibility index (Phi) is 5.26. The number of nitrogens with zero attached hydrogens (tertiary/aromatic N) is 3. The maximum absolute atomic E-state index is 12.7. The number of benzene rings is 1. The summed E-state index contributed by atoms with van der Waals surface area (Å²) in [6.07, 6.45) is 1.85. The molecule has 1 heterocycles. The summed E-state index contributed by atoms with van der Waals surface area (Å²) in [5.41, 5.74) is 0.470. The summed E-state index contributed by atoms with van der Waals surface area (Å²) in [5, 5.41) is 23.6. The van der Waals surface area contributed by atoms with Crippen LogP contribution in [0.1, 0.15) is 32.8 Å². The standard InChI is InChI=1S/C15H19N3O3S2/c1-4-8-16-13(15(2,3)23-14(16)22)17(19)10-11-6-5-7-12(9-11)18(20)21/h5-7,9-10,13H,4,8H2,1-3H3/t13-/m0/s1. The van der Waals surface area contributed by atoms with Gasteiger partial charge in [0.25, 0.3) is 11.9 Å². The van der Waals surface area contributed by atoms with Crippen LogP contribution < -0.4 is 0 Å². The van der Waals surface area contributed by atoms with E-state index in [0.29, 0.717) is 12.1 Å². The van der Waals surface area contributed by atoms with Crippen molar-refractivity contribution in [2.45, 2.75) is 38.1 Å². The molecule has 0 bridgehead atoms. The van der Waals surface area contributed by atoms with Crippen LogP contribution in [-0.2, 0) is 0 Å². The fourth-order valence-corrected chi connectivity index (χ4v) is 4.58. The Bertz CT molecular complexity index is 661. The molecule has 124 valence electrons. The van der Waals surface area contributed by atoms with E-state index in [-0.39, 0.29) is 10.4 Å². The third-order valence-electron chi connectivity index (χ3n) is 3.56. The molecule has 0 amide bonds. The molecule has 0 aromatic heterocycles. The number of hydrogen-bond acceptors (Lipinski definition) is 5. The molecule has 0 radical (unpaired) electrons. The van der Waals surface area contributed by atoms with Gasteiger partial charge in [0.2, 0.25) is 0 Å². The first-order valence-corrected chi connectivity index (χ1v) is 8.53. The zero-order valence-electron chi connectivity index (χ0n) is 13.3. The van der Waals surface area contributed by atoms with E-state index in [2.05, 4.69) is 0 Å². The van der Waals surface area contributed by atoms with Crippen LogP contribution in [0.3, 0.4) is 0 Å². The van der Waals surface area contributed by atoms with Gasteiger partial charge in [-0.2, -0.15) is 4.74 Å². The summed E-state index contributed by atoms with van der Waals surface area (Å²) in [6, 6.07) is 6.04. The van der Waals surface area contributed by atoms with E-state index < -0.39 is 11.1 Å². The first kappa shape index (κ1) is 17.7. The van der Waals surface area contributed by atoms with Crippen molar-refractivity contribution in [3.63, 3.8) is 0 Å². The van der Waals surface area contributed by atoms with E-state index >= 15 is 0 Å². The summed E-state index contributed by atoms with van der Waals surface area (Å²) in [5.74, 6) is 0.